The average Bonchev–Trinajstić information content (AvgIpc) is 2.95. The minimum atomic E-state index is -0.642. The number of nitrogens with one attached hydrogen (secondary N) is 1. The number of aliphatic hydroxyl groups excluding tert-OH is 1. The summed E-state index contributed by atoms with van der Waals surface area (Å²) in [4.78, 5) is 18.5. The van der Waals surface area contributed by atoms with Crippen molar-refractivity contribution in [1.29, 1.82) is 0 Å². The predicted molar refractivity (Wildman–Crippen MR) is 83.8 cm³/mol. The number of carbonyl (C=O) groups excluding carboxylic acids is 1. The van der Waals surface area contributed by atoms with Crippen LogP contribution in [0.4, 0.5) is 10.5 Å². The highest BCUT2D eigenvalue weighted by Crippen LogP contribution is 2.22. The number of urea groups is 1. The van der Waals surface area contributed by atoms with E-state index in [1.807, 2.05) is 37.3 Å². The number of amides is 2. The van der Waals surface area contributed by atoms with E-state index in [1.54, 1.807) is 11.1 Å². The first kappa shape index (κ1) is 14.7. The number of ether oxygens (including phenoxy) is 1. The monoisotopic (exact) mass is 301 g/mol. The molecular formula is C16H19N3O3. The molecule has 2 unspecified atom stereocenters. The molecule has 0 aliphatic carbocycles. The normalized spacial score (nSPS) is 21.0. The summed E-state index contributed by atoms with van der Waals surface area (Å²) in [6.07, 6.45) is 1.06. The molecule has 0 saturated carbocycles. The molecule has 3 rings (SSSR count). The van der Waals surface area contributed by atoms with E-state index in [1.165, 1.54) is 0 Å². The third-order valence-electron chi connectivity index (χ3n) is 3.90. The molecule has 1 aromatic carbocycles. The van der Waals surface area contributed by atoms with Crippen LogP contribution in [0.25, 0.3) is 10.9 Å². The highest BCUT2D eigenvalue weighted by molar-refractivity contribution is 5.99. The second-order valence-corrected chi connectivity index (χ2v) is 5.27. The van der Waals surface area contributed by atoms with Crippen molar-refractivity contribution in [2.75, 3.05) is 25.1 Å². The summed E-state index contributed by atoms with van der Waals surface area (Å²) >= 11 is 0. The quantitative estimate of drug-likeness (QED) is 0.907. The molecule has 1 aliphatic heterocycles. The molecule has 2 amide bonds. The van der Waals surface area contributed by atoms with Crippen molar-refractivity contribution in [3.8, 4) is 0 Å². The predicted octanol–water partition coefficient (Wildman–Crippen LogP) is 1.85. The lowest BCUT2D eigenvalue weighted by Gasteiger charge is -2.29. The molecule has 22 heavy (non-hydrogen) atoms. The smallest absolute Gasteiger partial charge is 0.322 e. The number of nitrogens with zero attached hydrogens (tertiary/aromatic N) is 2. The van der Waals surface area contributed by atoms with Crippen molar-refractivity contribution in [2.24, 2.45) is 0 Å². The number of anilines is 1. The van der Waals surface area contributed by atoms with Crippen LogP contribution in [0, 0.1) is 0 Å². The standard InChI is InChI=1S/C16H19N3O3/c1-2-19(13-9-22-10-14(13)20)16(21)18-12-7-3-5-11-6-4-8-17-15(11)12/h3-8,13-14,20H,2,9-10H2,1H3,(H,18,21). The molecule has 6 nitrogen and oxygen atoms in total. The Kier molecular flexibility index (Phi) is 4.22. The van der Waals surface area contributed by atoms with E-state index < -0.39 is 6.10 Å². The minimum Gasteiger partial charge on any atom is -0.388 e. The summed E-state index contributed by atoms with van der Waals surface area (Å²) in [5, 5.41) is 13.8. The Labute approximate surface area is 128 Å². The lowest BCUT2D eigenvalue weighted by atomic mass is 10.2. The number of likely N-dealkylation sites (N-methyl/N-ethyl adjacent to an activating group) is 1. The molecule has 1 aliphatic rings. The van der Waals surface area contributed by atoms with Gasteiger partial charge in [-0.1, -0.05) is 18.2 Å². The van der Waals surface area contributed by atoms with E-state index in [9.17, 15) is 9.90 Å². The van der Waals surface area contributed by atoms with E-state index in [0.717, 1.165) is 10.9 Å². The topological polar surface area (TPSA) is 74.7 Å². The molecule has 2 aromatic rings. The van der Waals surface area contributed by atoms with Gasteiger partial charge in [0.1, 0.15) is 0 Å². The van der Waals surface area contributed by atoms with Crippen LogP contribution in [-0.4, -0.2) is 52.9 Å². The van der Waals surface area contributed by atoms with Crippen LogP contribution in [0.1, 0.15) is 6.92 Å². The average molecular weight is 301 g/mol. The molecular weight excluding hydrogens is 282 g/mol. The maximum Gasteiger partial charge on any atom is 0.322 e. The van der Waals surface area contributed by atoms with Gasteiger partial charge in [-0.05, 0) is 19.1 Å². The fraction of sp³-hybridized carbons (Fsp3) is 0.375. The zero-order valence-corrected chi connectivity index (χ0v) is 12.4. The van der Waals surface area contributed by atoms with Crippen LogP contribution in [-0.2, 0) is 4.74 Å². The van der Waals surface area contributed by atoms with E-state index in [-0.39, 0.29) is 18.7 Å². The molecule has 1 fully saturated rings. The number of fused-ring (bicyclic) bond motifs is 1. The van der Waals surface area contributed by atoms with E-state index in [4.69, 9.17) is 4.74 Å². The Morgan fingerprint density at radius 2 is 2.23 bits per heavy atom. The molecule has 0 bridgehead atoms. The van der Waals surface area contributed by atoms with Gasteiger partial charge in [-0.3, -0.25) is 4.98 Å². The molecule has 1 aromatic heterocycles. The van der Waals surface area contributed by atoms with Gasteiger partial charge in [0.15, 0.2) is 0 Å². The SMILES string of the molecule is CCN(C(=O)Nc1cccc2cccnc12)C1COCC1O. The van der Waals surface area contributed by atoms with E-state index in [2.05, 4.69) is 10.3 Å². The highest BCUT2D eigenvalue weighted by Gasteiger charge is 2.33. The van der Waals surface area contributed by atoms with Gasteiger partial charge in [0.2, 0.25) is 0 Å². The molecule has 116 valence electrons. The largest absolute Gasteiger partial charge is 0.388 e. The zero-order chi connectivity index (χ0) is 15.5. The number of aromatic nitrogens is 1. The van der Waals surface area contributed by atoms with Crippen LogP contribution >= 0.6 is 0 Å². The van der Waals surface area contributed by atoms with E-state index >= 15 is 0 Å². The summed E-state index contributed by atoms with van der Waals surface area (Å²) in [5.41, 5.74) is 1.41. The van der Waals surface area contributed by atoms with Gasteiger partial charge in [-0.15, -0.1) is 0 Å². The Morgan fingerprint density at radius 1 is 1.41 bits per heavy atom. The molecule has 2 N–H and O–H groups in total. The van der Waals surface area contributed by atoms with Gasteiger partial charge in [-0.25, -0.2) is 4.79 Å². The maximum atomic E-state index is 12.5. The highest BCUT2D eigenvalue weighted by atomic mass is 16.5. The molecule has 0 radical (unpaired) electrons. The summed E-state index contributed by atoms with van der Waals surface area (Å²) in [7, 11) is 0. The van der Waals surface area contributed by atoms with Crippen LogP contribution < -0.4 is 5.32 Å². The van der Waals surface area contributed by atoms with Crippen LogP contribution in [0.15, 0.2) is 36.5 Å². The van der Waals surface area contributed by atoms with Crippen LogP contribution in [0.2, 0.25) is 0 Å². The van der Waals surface area contributed by atoms with Gasteiger partial charge in [0.05, 0.1) is 36.6 Å². The maximum absolute atomic E-state index is 12.5. The van der Waals surface area contributed by atoms with Crippen molar-refractivity contribution < 1.29 is 14.6 Å². The molecule has 0 spiro atoms. The zero-order valence-electron chi connectivity index (χ0n) is 12.4. The van der Waals surface area contributed by atoms with Gasteiger partial charge in [0.25, 0.3) is 0 Å². The first-order valence-electron chi connectivity index (χ1n) is 7.38. The fourth-order valence-electron chi connectivity index (χ4n) is 2.75. The van der Waals surface area contributed by atoms with Gasteiger partial charge < -0.3 is 20.1 Å². The summed E-state index contributed by atoms with van der Waals surface area (Å²) < 4.78 is 5.24. The third kappa shape index (κ3) is 2.75. The van der Waals surface area contributed by atoms with Crippen molar-refractivity contribution >= 4 is 22.6 Å². The second-order valence-electron chi connectivity index (χ2n) is 5.27. The summed E-state index contributed by atoms with van der Waals surface area (Å²) in [6.45, 7) is 3.00. The molecule has 1 saturated heterocycles. The summed E-state index contributed by atoms with van der Waals surface area (Å²) in [5.74, 6) is 0. The van der Waals surface area contributed by atoms with Crippen molar-refractivity contribution in [2.45, 2.75) is 19.1 Å². The van der Waals surface area contributed by atoms with Crippen LogP contribution in [0.3, 0.4) is 0 Å². The number of aliphatic hydroxyl groups is 1. The number of pyridine rings is 1. The number of hydrogen-bond acceptors (Lipinski definition) is 4. The van der Waals surface area contributed by atoms with Gasteiger partial charge >= 0.3 is 6.03 Å². The third-order valence-corrected chi connectivity index (χ3v) is 3.90. The van der Waals surface area contributed by atoms with Gasteiger partial charge in [0, 0.05) is 18.1 Å². The van der Waals surface area contributed by atoms with Crippen molar-refractivity contribution in [1.82, 2.24) is 9.88 Å². The molecule has 2 atom stereocenters. The lowest BCUT2D eigenvalue weighted by molar-refractivity contribution is 0.1000. The number of carbonyl (C=O) groups is 1. The Hall–Kier alpha value is -2.18. The minimum absolute atomic E-state index is 0.254. The van der Waals surface area contributed by atoms with Crippen molar-refractivity contribution in [3.63, 3.8) is 0 Å². The Morgan fingerprint density at radius 3 is 2.95 bits per heavy atom. The lowest BCUT2D eigenvalue weighted by Crippen LogP contribution is -2.48. The second kappa shape index (κ2) is 6.29. The number of rotatable bonds is 3. The number of hydrogen-bond donors (Lipinski definition) is 2. The summed E-state index contributed by atoms with van der Waals surface area (Å²) in [6, 6.07) is 8.89. The van der Waals surface area contributed by atoms with E-state index in [0.29, 0.717) is 18.8 Å². The van der Waals surface area contributed by atoms with Crippen LogP contribution in [0.5, 0.6) is 0 Å². The Balaban J connectivity index is 1.83. The molecule has 6 heteroatoms. The van der Waals surface area contributed by atoms with Gasteiger partial charge in [-0.2, -0.15) is 0 Å². The number of benzene rings is 1. The first-order valence-corrected chi connectivity index (χ1v) is 7.38. The Bertz CT molecular complexity index is 671. The first-order chi connectivity index (χ1) is 10.7. The molecule has 2 heterocycles. The fourth-order valence-corrected chi connectivity index (χ4v) is 2.75. The number of para-hydroxylation sites is 1. The van der Waals surface area contributed by atoms with Crippen molar-refractivity contribution in [3.05, 3.63) is 36.5 Å².